The van der Waals surface area contributed by atoms with Gasteiger partial charge in [-0.05, 0) is 38.5 Å². The summed E-state index contributed by atoms with van der Waals surface area (Å²) in [5.74, 6) is -0.763. The van der Waals surface area contributed by atoms with E-state index in [0.29, 0.717) is 12.8 Å². The molecular formula is C15H27NO3. The van der Waals surface area contributed by atoms with Gasteiger partial charge in [0.1, 0.15) is 0 Å². The Labute approximate surface area is 116 Å². The number of hydrogen-bond donors (Lipinski definition) is 2. The average Bonchev–Trinajstić information content (AvgIpc) is 2.25. The standard InChI is InChI=1S/C15H27NO3/c1-14(2,10-7-13(18)19)16-12(17)11-15(3)8-5-4-6-9-15/h4-11H2,1-3H3,(H,16,17)(H,18,19). The largest absolute Gasteiger partial charge is 0.481 e. The zero-order valence-electron chi connectivity index (χ0n) is 12.4. The van der Waals surface area contributed by atoms with Gasteiger partial charge in [-0.1, -0.05) is 26.2 Å². The van der Waals surface area contributed by atoms with E-state index < -0.39 is 11.5 Å². The van der Waals surface area contributed by atoms with Gasteiger partial charge in [-0.3, -0.25) is 9.59 Å². The molecule has 1 saturated carbocycles. The summed E-state index contributed by atoms with van der Waals surface area (Å²) < 4.78 is 0. The fraction of sp³-hybridized carbons (Fsp3) is 0.867. The molecule has 0 aromatic carbocycles. The van der Waals surface area contributed by atoms with Gasteiger partial charge in [-0.2, -0.15) is 0 Å². The number of nitrogens with one attached hydrogen (secondary N) is 1. The Kier molecular flexibility index (Phi) is 5.39. The molecule has 1 rings (SSSR count). The Balaban J connectivity index is 2.42. The predicted octanol–water partition coefficient (Wildman–Crippen LogP) is 3.11. The van der Waals surface area contributed by atoms with E-state index in [1.54, 1.807) is 0 Å². The van der Waals surface area contributed by atoms with Crippen LogP contribution in [0.2, 0.25) is 0 Å². The number of carbonyl (C=O) groups excluding carboxylic acids is 1. The maximum Gasteiger partial charge on any atom is 0.303 e. The number of hydrogen-bond acceptors (Lipinski definition) is 2. The molecule has 0 atom stereocenters. The van der Waals surface area contributed by atoms with Crippen LogP contribution in [0.3, 0.4) is 0 Å². The Morgan fingerprint density at radius 1 is 1.21 bits per heavy atom. The van der Waals surface area contributed by atoms with Crippen LogP contribution in [0.15, 0.2) is 0 Å². The Morgan fingerprint density at radius 3 is 2.32 bits per heavy atom. The van der Waals surface area contributed by atoms with E-state index in [2.05, 4.69) is 12.2 Å². The first-order valence-electron chi connectivity index (χ1n) is 7.25. The molecule has 2 N–H and O–H groups in total. The third kappa shape index (κ3) is 6.08. The highest BCUT2D eigenvalue weighted by Crippen LogP contribution is 2.38. The fourth-order valence-corrected chi connectivity index (χ4v) is 2.87. The average molecular weight is 269 g/mol. The van der Waals surface area contributed by atoms with Crippen molar-refractivity contribution in [3.05, 3.63) is 0 Å². The number of rotatable bonds is 6. The first-order valence-corrected chi connectivity index (χ1v) is 7.25. The smallest absolute Gasteiger partial charge is 0.303 e. The van der Waals surface area contributed by atoms with Crippen molar-refractivity contribution in [2.45, 2.75) is 77.7 Å². The second-order valence-corrected chi connectivity index (χ2v) is 6.87. The molecule has 4 heteroatoms. The molecule has 1 fully saturated rings. The van der Waals surface area contributed by atoms with Gasteiger partial charge in [0.2, 0.25) is 5.91 Å². The zero-order chi connectivity index (χ0) is 14.5. The fourth-order valence-electron chi connectivity index (χ4n) is 2.87. The minimum atomic E-state index is -0.818. The quantitative estimate of drug-likeness (QED) is 0.778. The first-order chi connectivity index (χ1) is 8.72. The van der Waals surface area contributed by atoms with Crippen LogP contribution in [0.5, 0.6) is 0 Å². The van der Waals surface area contributed by atoms with Crippen molar-refractivity contribution >= 4 is 11.9 Å². The highest BCUT2D eigenvalue weighted by molar-refractivity contribution is 5.77. The van der Waals surface area contributed by atoms with Gasteiger partial charge >= 0.3 is 5.97 Å². The van der Waals surface area contributed by atoms with Crippen molar-refractivity contribution in [2.75, 3.05) is 0 Å². The van der Waals surface area contributed by atoms with Crippen LogP contribution in [0.4, 0.5) is 0 Å². The molecule has 0 aromatic rings. The van der Waals surface area contributed by atoms with Gasteiger partial charge in [-0.15, -0.1) is 0 Å². The van der Waals surface area contributed by atoms with Crippen LogP contribution in [0.1, 0.15) is 72.1 Å². The van der Waals surface area contributed by atoms with Crippen molar-refractivity contribution in [2.24, 2.45) is 5.41 Å². The molecule has 0 spiro atoms. The first kappa shape index (κ1) is 16.0. The van der Waals surface area contributed by atoms with Gasteiger partial charge in [0.15, 0.2) is 0 Å². The monoisotopic (exact) mass is 269 g/mol. The number of carbonyl (C=O) groups is 2. The van der Waals surface area contributed by atoms with E-state index in [0.717, 1.165) is 12.8 Å². The minimum Gasteiger partial charge on any atom is -0.481 e. The van der Waals surface area contributed by atoms with Crippen molar-refractivity contribution in [3.8, 4) is 0 Å². The second kappa shape index (κ2) is 6.40. The molecule has 0 aromatic heterocycles. The van der Waals surface area contributed by atoms with E-state index in [4.69, 9.17) is 5.11 Å². The summed E-state index contributed by atoms with van der Waals surface area (Å²) in [5, 5.41) is 11.7. The molecule has 0 unspecified atom stereocenters. The molecule has 110 valence electrons. The van der Waals surface area contributed by atoms with Gasteiger partial charge in [0.25, 0.3) is 0 Å². The highest BCUT2D eigenvalue weighted by Gasteiger charge is 2.31. The van der Waals surface area contributed by atoms with E-state index in [1.807, 2.05) is 13.8 Å². The van der Waals surface area contributed by atoms with E-state index in [9.17, 15) is 9.59 Å². The summed E-state index contributed by atoms with van der Waals surface area (Å²) in [6, 6.07) is 0. The van der Waals surface area contributed by atoms with Crippen LogP contribution < -0.4 is 5.32 Å². The molecule has 1 amide bonds. The van der Waals surface area contributed by atoms with Crippen LogP contribution in [0.25, 0.3) is 0 Å². The van der Waals surface area contributed by atoms with E-state index in [-0.39, 0.29) is 17.7 Å². The lowest BCUT2D eigenvalue weighted by molar-refractivity contribution is -0.138. The Bertz CT molecular complexity index is 330. The summed E-state index contributed by atoms with van der Waals surface area (Å²) in [6.07, 6.45) is 7.06. The van der Waals surface area contributed by atoms with Crippen LogP contribution >= 0.6 is 0 Å². The summed E-state index contributed by atoms with van der Waals surface area (Å²) in [7, 11) is 0. The molecule has 0 aliphatic heterocycles. The van der Waals surface area contributed by atoms with Crippen LogP contribution in [-0.4, -0.2) is 22.5 Å². The lowest BCUT2D eigenvalue weighted by atomic mass is 9.73. The molecule has 1 aliphatic carbocycles. The molecule has 0 saturated heterocycles. The number of aliphatic carboxylic acids is 1. The summed E-state index contributed by atoms with van der Waals surface area (Å²) in [5.41, 5.74) is -0.314. The summed E-state index contributed by atoms with van der Waals surface area (Å²) in [4.78, 5) is 22.7. The van der Waals surface area contributed by atoms with Crippen molar-refractivity contribution in [1.82, 2.24) is 5.32 Å². The Hall–Kier alpha value is -1.06. The molecule has 1 aliphatic rings. The highest BCUT2D eigenvalue weighted by atomic mass is 16.4. The lowest BCUT2D eigenvalue weighted by Crippen LogP contribution is -2.45. The van der Waals surface area contributed by atoms with Crippen molar-refractivity contribution in [1.29, 1.82) is 0 Å². The van der Waals surface area contributed by atoms with E-state index >= 15 is 0 Å². The van der Waals surface area contributed by atoms with Gasteiger partial charge in [0, 0.05) is 18.4 Å². The van der Waals surface area contributed by atoms with E-state index in [1.165, 1.54) is 19.3 Å². The SMILES string of the molecule is CC1(CC(=O)NC(C)(C)CCC(=O)O)CCCCC1. The number of carboxylic acid groups (broad SMARTS) is 1. The minimum absolute atomic E-state index is 0.0554. The Morgan fingerprint density at radius 2 is 1.79 bits per heavy atom. The number of carboxylic acids is 1. The molecule has 0 radical (unpaired) electrons. The molecule has 19 heavy (non-hydrogen) atoms. The number of amides is 1. The molecular weight excluding hydrogens is 242 g/mol. The maximum absolute atomic E-state index is 12.1. The molecule has 0 bridgehead atoms. The normalized spacial score (nSPS) is 18.9. The topological polar surface area (TPSA) is 66.4 Å². The van der Waals surface area contributed by atoms with Crippen LogP contribution in [0, 0.1) is 5.41 Å². The predicted molar refractivity (Wildman–Crippen MR) is 74.9 cm³/mol. The molecule has 0 heterocycles. The van der Waals surface area contributed by atoms with Gasteiger partial charge in [-0.25, -0.2) is 0 Å². The summed E-state index contributed by atoms with van der Waals surface area (Å²) >= 11 is 0. The van der Waals surface area contributed by atoms with Crippen molar-refractivity contribution < 1.29 is 14.7 Å². The summed E-state index contributed by atoms with van der Waals surface area (Å²) in [6.45, 7) is 5.96. The van der Waals surface area contributed by atoms with Crippen molar-refractivity contribution in [3.63, 3.8) is 0 Å². The van der Waals surface area contributed by atoms with Gasteiger partial charge < -0.3 is 10.4 Å². The third-order valence-corrected chi connectivity index (χ3v) is 4.09. The second-order valence-electron chi connectivity index (χ2n) is 6.87. The lowest BCUT2D eigenvalue weighted by Gasteiger charge is -2.34. The molecule has 4 nitrogen and oxygen atoms in total. The van der Waals surface area contributed by atoms with Gasteiger partial charge in [0.05, 0.1) is 0 Å². The zero-order valence-corrected chi connectivity index (χ0v) is 12.4. The maximum atomic E-state index is 12.1. The third-order valence-electron chi connectivity index (χ3n) is 4.09. The van der Waals surface area contributed by atoms with Crippen LogP contribution in [-0.2, 0) is 9.59 Å².